The molecular weight excluding hydrogens is 260 g/mol. The Morgan fingerprint density at radius 1 is 0.800 bits per heavy atom. The molecule has 0 heterocycles. The first-order valence-electron chi connectivity index (χ1n) is 4.26. The summed E-state index contributed by atoms with van der Waals surface area (Å²) in [6.07, 6.45) is 0. The Bertz CT molecular complexity index is 347. The van der Waals surface area contributed by atoms with E-state index < -0.39 is 30.5 Å². The Morgan fingerprint density at radius 2 is 1.07 bits per heavy atom. The van der Waals surface area contributed by atoms with E-state index in [-0.39, 0.29) is 0 Å². The molecule has 0 fully saturated rings. The first-order chi connectivity index (χ1) is 6.59. The Morgan fingerprint density at radius 3 is 1.27 bits per heavy atom. The molecule has 6 nitrogen and oxygen atoms in total. The zero-order valence-electron chi connectivity index (χ0n) is 9.01. The minimum absolute atomic E-state index is 0.448. The second kappa shape index (κ2) is 5.48. The van der Waals surface area contributed by atoms with Crippen molar-refractivity contribution in [3.8, 4) is 0 Å². The standard InChI is InChI=1S/C6H16N2O4S3/c1-5(2)14(9,10)7-13-8-15(11,12)6(3)4/h5-8H,1-4H3. The van der Waals surface area contributed by atoms with Crippen LogP contribution in [0.15, 0.2) is 0 Å². The Kier molecular flexibility index (Phi) is 5.55. The van der Waals surface area contributed by atoms with Gasteiger partial charge in [-0.3, -0.25) is 0 Å². The highest BCUT2D eigenvalue weighted by Gasteiger charge is 2.19. The zero-order valence-corrected chi connectivity index (χ0v) is 11.5. The van der Waals surface area contributed by atoms with Crippen molar-refractivity contribution in [3.05, 3.63) is 0 Å². The summed E-state index contributed by atoms with van der Waals surface area (Å²) in [4.78, 5) is 0. The predicted molar refractivity (Wildman–Crippen MR) is 62.0 cm³/mol. The van der Waals surface area contributed by atoms with Crippen LogP contribution in [-0.2, 0) is 20.0 Å². The van der Waals surface area contributed by atoms with Crippen LogP contribution in [0.4, 0.5) is 0 Å². The van der Waals surface area contributed by atoms with Gasteiger partial charge in [0.15, 0.2) is 0 Å². The first-order valence-corrected chi connectivity index (χ1v) is 8.17. The van der Waals surface area contributed by atoms with Crippen LogP contribution in [0.1, 0.15) is 27.7 Å². The van der Waals surface area contributed by atoms with E-state index in [4.69, 9.17) is 0 Å². The lowest BCUT2D eigenvalue weighted by molar-refractivity contribution is 0.585. The molecule has 0 aromatic heterocycles. The number of hydrogen-bond acceptors (Lipinski definition) is 5. The molecule has 9 heteroatoms. The molecule has 0 amide bonds. The van der Waals surface area contributed by atoms with Gasteiger partial charge in [0.1, 0.15) is 0 Å². The minimum atomic E-state index is -3.46. The van der Waals surface area contributed by atoms with Crippen LogP contribution in [0.25, 0.3) is 0 Å². The molecule has 0 aliphatic heterocycles. The highest BCUT2D eigenvalue weighted by Crippen LogP contribution is 2.04. The Labute approximate surface area is 95.6 Å². The molecule has 0 aromatic carbocycles. The van der Waals surface area contributed by atoms with Crippen LogP contribution in [0.3, 0.4) is 0 Å². The molecule has 0 saturated carbocycles. The van der Waals surface area contributed by atoms with Crippen LogP contribution in [0.2, 0.25) is 0 Å². The average Bonchev–Trinajstić information content (AvgIpc) is 2.02. The molecule has 0 aliphatic rings. The van der Waals surface area contributed by atoms with E-state index in [1.54, 1.807) is 0 Å². The summed E-state index contributed by atoms with van der Waals surface area (Å²) in [5.74, 6) is 0. The predicted octanol–water partition coefficient (Wildman–Crippen LogP) is 0.205. The third kappa shape index (κ3) is 5.16. The molecule has 0 bridgehead atoms. The van der Waals surface area contributed by atoms with Gasteiger partial charge in [-0.1, -0.05) is 0 Å². The summed E-state index contributed by atoms with van der Waals surface area (Å²) in [6.45, 7) is 6.00. The molecule has 0 aliphatic carbocycles. The monoisotopic (exact) mass is 276 g/mol. The normalized spacial score (nSPS) is 13.7. The van der Waals surface area contributed by atoms with Crippen molar-refractivity contribution in [1.29, 1.82) is 0 Å². The number of rotatable bonds is 6. The van der Waals surface area contributed by atoms with Gasteiger partial charge in [-0.2, -0.15) is 0 Å². The smallest absolute Gasteiger partial charge is 0.211 e. The summed E-state index contributed by atoms with van der Waals surface area (Å²) >= 11 is 0.448. The van der Waals surface area contributed by atoms with Gasteiger partial charge >= 0.3 is 0 Å². The third-order valence-electron chi connectivity index (χ3n) is 1.56. The fourth-order valence-electron chi connectivity index (χ4n) is 0.326. The Hall–Kier alpha value is 0.170. The largest absolute Gasteiger partial charge is 0.224 e. The lowest BCUT2D eigenvalue weighted by atomic mass is 10.6. The summed E-state index contributed by atoms with van der Waals surface area (Å²) in [5.41, 5.74) is 0. The van der Waals surface area contributed by atoms with Gasteiger partial charge in [0, 0.05) is 12.1 Å². The van der Waals surface area contributed by atoms with Crippen molar-refractivity contribution in [2.45, 2.75) is 38.2 Å². The molecule has 2 N–H and O–H groups in total. The van der Waals surface area contributed by atoms with Crippen LogP contribution in [0, 0.1) is 0 Å². The van der Waals surface area contributed by atoms with E-state index >= 15 is 0 Å². The summed E-state index contributed by atoms with van der Waals surface area (Å²) in [7, 11) is -6.92. The fraction of sp³-hybridized carbons (Fsp3) is 1.00. The molecule has 0 aromatic rings. The molecule has 92 valence electrons. The van der Waals surface area contributed by atoms with Crippen LogP contribution in [-0.4, -0.2) is 27.3 Å². The van der Waals surface area contributed by atoms with Gasteiger partial charge in [-0.15, -0.1) is 8.25 Å². The molecular formula is C6H16N2O4S3. The van der Waals surface area contributed by atoms with Gasteiger partial charge in [0.25, 0.3) is 0 Å². The fourth-order valence-corrected chi connectivity index (χ4v) is 3.24. The summed E-state index contributed by atoms with van der Waals surface area (Å²) in [6, 6.07) is 0. The second-order valence-corrected chi connectivity index (χ2v) is 9.06. The zero-order chi connectivity index (χ0) is 12.3. The van der Waals surface area contributed by atoms with E-state index in [1.165, 1.54) is 27.7 Å². The van der Waals surface area contributed by atoms with Gasteiger partial charge in [0.2, 0.25) is 20.0 Å². The van der Waals surface area contributed by atoms with Crippen molar-refractivity contribution < 1.29 is 16.8 Å². The molecule has 0 saturated heterocycles. The topological polar surface area (TPSA) is 92.3 Å². The highest BCUT2D eigenvalue weighted by molar-refractivity contribution is 8.14. The SMILES string of the molecule is CC(C)S(=O)(=O)NSNS(=O)(=O)C(C)C. The maximum Gasteiger partial charge on any atom is 0.224 e. The molecule has 0 atom stereocenters. The maximum atomic E-state index is 11.2. The van der Waals surface area contributed by atoms with Crippen LogP contribution in [0.5, 0.6) is 0 Å². The summed E-state index contributed by atoms with van der Waals surface area (Å²) < 4.78 is 49.0. The van der Waals surface area contributed by atoms with Gasteiger partial charge in [-0.25, -0.2) is 16.8 Å². The number of hydrogen-bond donors (Lipinski definition) is 2. The van der Waals surface area contributed by atoms with Gasteiger partial charge < -0.3 is 0 Å². The quantitative estimate of drug-likeness (QED) is 0.676. The highest BCUT2D eigenvalue weighted by atomic mass is 32.3. The minimum Gasteiger partial charge on any atom is -0.211 e. The maximum absolute atomic E-state index is 11.2. The van der Waals surface area contributed by atoms with Crippen molar-refractivity contribution in [2.24, 2.45) is 0 Å². The molecule has 15 heavy (non-hydrogen) atoms. The van der Waals surface area contributed by atoms with E-state index in [0.29, 0.717) is 12.1 Å². The third-order valence-corrected chi connectivity index (χ3v) is 6.56. The lowest BCUT2D eigenvalue weighted by Crippen LogP contribution is -2.32. The number of nitrogens with one attached hydrogen (secondary N) is 2. The van der Waals surface area contributed by atoms with E-state index in [1.807, 2.05) is 0 Å². The lowest BCUT2D eigenvalue weighted by Gasteiger charge is -2.11. The van der Waals surface area contributed by atoms with Crippen molar-refractivity contribution in [3.63, 3.8) is 0 Å². The average molecular weight is 276 g/mol. The summed E-state index contributed by atoms with van der Waals surface area (Å²) in [5, 5.41) is -1.21. The Balaban J connectivity index is 4.25. The molecule has 0 radical (unpaired) electrons. The van der Waals surface area contributed by atoms with E-state index in [2.05, 4.69) is 8.25 Å². The second-order valence-electron chi connectivity index (χ2n) is 3.46. The first kappa shape index (κ1) is 15.2. The van der Waals surface area contributed by atoms with Gasteiger partial charge in [0.05, 0.1) is 10.5 Å². The molecule has 0 rings (SSSR count). The van der Waals surface area contributed by atoms with Crippen molar-refractivity contribution in [1.82, 2.24) is 8.25 Å². The van der Waals surface area contributed by atoms with Crippen LogP contribution >= 0.6 is 12.1 Å². The number of sulfonamides is 2. The van der Waals surface area contributed by atoms with E-state index in [0.717, 1.165) is 0 Å². The van der Waals surface area contributed by atoms with E-state index in [9.17, 15) is 16.8 Å². The molecule has 0 spiro atoms. The molecule has 0 unspecified atom stereocenters. The van der Waals surface area contributed by atoms with Crippen molar-refractivity contribution in [2.75, 3.05) is 0 Å². The van der Waals surface area contributed by atoms with Crippen molar-refractivity contribution >= 4 is 32.2 Å². The van der Waals surface area contributed by atoms with Crippen LogP contribution < -0.4 is 8.25 Å². The van der Waals surface area contributed by atoms with Gasteiger partial charge in [-0.05, 0) is 27.7 Å².